The summed E-state index contributed by atoms with van der Waals surface area (Å²) in [6.45, 7) is 0. The molecule has 80 valence electrons. The van der Waals surface area contributed by atoms with Crippen LogP contribution in [0.3, 0.4) is 0 Å². The molecule has 0 heterocycles. The molecule has 0 aliphatic heterocycles. The molecule has 0 spiro atoms. The molecular weight excluding hydrogens is 314 g/mol. The maximum atomic E-state index is 9.08. The summed E-state index contributed by atoms with van der Waals surface area (Å²) in [5.74, 6) is -0.0127. The number of halogens is 4. The highest BCUT2D eigenvalue weighted by atomic mass is 79.9. The summed E-state index contributed by atoms with van der Waals surface area (Å²) in [6.07, 6.45) is 2.27. The molecule has 0 rings (SSSR count). The highest BCUT2D eigenvalue weighted by Crippen LogP contribution is 2.34. The molecule has 0 aliphatic carbocycles. The Hall–Kier alpha value is 0.310. The van der Waals surface area contributed by atoms with Crippen LogP contribution in [0.25, 0.3) is 4.98 Å². The Morgan fingerprint density at radius 3 is 2.57 bits per heavy atom. The maximum Gasteiger partial charge on any atom is 0.387 e. The Kier molecular flexibility index (Phi) is 6.88. The lowest BCUT2D eigenvalue weighted by atomic mass is 10.2. The highest BCUT2D eigenvalue weighted by Gasteiger charge is 2.24. The predicted octanol–water partition coefficient (Wildman–Crippen LogP) is 4.54. The van der Waals surface area contributed by atoms with Crippen LogP contribution in [-0.4, -0.2) is 13.7 Å². The fourth-order valence-corrected chi connectivity index (χ4v) is 2.62. The van der Waals surface area contributed by atoms with E-state index in [0.29, 0.717) is 19.3 Å². The predicted molar refractivity (Wildman–Crippen MR) is 62.7 cm³/mol. The average molecular weight is 323 g/mol. The van der Waals surface area contributed by atoms with Crippen molar-refractivity contribution in [1.29, 1.82) is 5.39 Å². The summed E-state index contributed by atoms with van der Waals surface area (Å²) < 4.78 is -1.30. The summed E-state index contributed by atoms with van der Waals surface area (Å²) in [7, 11) is 0. The van der Waals surface area contributed by atoms with E-state index in [4.69, 9.17) is 45.3 Å². The van der Waals surface area contributed by atoms with Crippen molar-refractivity contribution in [2.75, 3.05) is 0 Å². The highest BCUT2D eigenvalue weighted by molar-refractivity contribution is 9.09. The maximum absolute atomic E-state index is 9.08. The zero-order valence-electron chi connectivity index (χ0n) is 7.13. The van der Waals surface area contributed by atoms with Crippen LogP contribution in [0.4, 0.5) is 0 Å². The third kappa shape index (κ3) is 8.89. The van der Waals surface area contributed by atoms with Crippen LogP contribution in [0.1, 0.15) is 19.3 Å². The minimum Gasteiger partial charge on any atom is -0.505 e. The molecular formula is C7H9BrCl3N2O+. The van der Waals surface area contributed by atoms with Crippen molar-refractivity contribution in [3.05, 3.63) is 16.9 Å². The minimum atomic E-state index is -1.30. The molecule has 1 unspecified atom stereocenters. The van der Waals surface area contributed by atoms with Gasteiger partial charge in [-0.3, -0.25) is 0 Å². The van der Waals surface area contributed by atoms with Gasteiger partial charge in [-0.25, -0.2) is 0 Å². The first-order valence-electron chi connectivity index (χ1n) is 3.78. The van der Waals surface area contributed by atoms with Crippen molar-refractivity contribution in [3.8, 4) is 0 Å². The van der Waals surface area contributed by atoms with E-state index in [0.717, 1.165) is 6.20 Å². The molecule has 1 atom stereocenters. The van der Waals surface area contributed by atoms with Crippen molar-refractivity contribution in [3.63, 3.8) is 0 Å². The number of diazo groups is 1. The van der Waals surface area contributed by atoms with E-state index < -0.39 is 3.79 Å². The fourth-order valence-electron chi connectivity index (χ4n) is 0.789. The lowest BCUT2D eigenvalue weighted by Crippen LogP contribution is -2.11. The molecule has 14 heavy (non-hydrogen) atoms. The standard InChI is InChI=1S/C7H8BrCl3N2O/c8-5(3-7(9,10)11)1-2-6(14)4-13-12/h4-5H,1-3H2/p+1/b6-4+. The topological polar surface area (TPSA) is 48.4 Å². The van der Waals surface area contributed by atoms with Crippen molar-refractivity contribution < 1.29 is 5.11 Å². The molecule has 7 heteroatoms. The van der Waals surface area contributed by atoms with Crippen molar-refractivity contribution in [1.82, 2.24) is 0 Å². The van der Waals surface area contributed by atoms with E-state index in [1.54, 1.807) is 0 Å². The summed E-state index contributed by atoms with van der Waals surface area (Å²) in [5.41, 5.74) is 0. The van der Waals surface area contributed by atoms with Gasteiger partial charge in [-0.2, -0.15) is 0 Å². The number of hydrogen-bond donors (Lipinski definition) is 1. The fraction of sp³-hybridized carbons (Fsp3) is 0.714. The molecule has 0 saturated carbocycles. The SMILES string of the molecule is N#[N+]/C=C(/O)CCC(Br)CC(Cl)(Cl)Cl. The second kappa shape index (κ2) is 6.73. The van der Waals surface area contributed by atoms with Crippen LogP contribution >= 0.6 is 50.7 Å². The van der Waals surface area contributed by atoms with Gasteiger partial charge in [-0.15, -0.1) is 0 Å². The third-order valence-electron chi connectivity index (χ3n) is 1.37. The molecule has 0 fully saturated rings. The van der Waals surface area contributed by atoms with E-state index in [2.05, 4.69) is 20.9 Å². The molecule has 0 aromatic rings. The third-order valence-corrected chi connectivity index (χ3v) is 2.62. The summed E-state index contributed by atoms with van der Waals surface area (Å²) in [4.78, 5) is 2.67. The van der Waals surface area contributed by atoms with Gasteiger partial charge in [0.05, 0.1) is 0 Å². The van der Waals surface area contributed by atoms with Gasteiger partial charge >= 0.3 is 6.20 Å². The van der Waals surface area contributed by atoms with Gasteiger partial charge in [0.1, 0.15) is 0 Å². The molecule has 0 amide bonds. The first kappa shape index (κ1) is 14.3. The zero-order valence-corrected chi connectivity index (χ0v) is 11.0. The molecule has 0 saturated heterocycles. The number of rotatable bonds is 4. The monoisotopic (exact) mass is 321 g/mol. The molecule has 0 aliphatic rings. The van der Waals surface area contributed by atoms with Crippen LogP contribution in [0.15, 0.2) is 12.0 Å². The van der Waals surface area contributed by atoms with Crippen molar-refractivity contribution in [2.45, 2.75) is 27.9 Å². The number of allylic oxidation sites excluding steroid dienone is 1. The average Bonchev–Trinajstić information content (AvgIpc) is 1.98. The molecule has 3 nitrogen and oxygen atoms in total. The van der Waals surface area contributed by atoms with Gasteiger partial charge in [0.2, 0.25) is 5.39 Å². The molecule has 0 aromatic heterocycles. The summed E-state index contributed by atoms with van der Waals surface area (Å²) in [6, 6.07) is 0. The largest absolute Gasteiger partial charge is 0.505 e. The van der Waals surface area contributed by atoms with E-state index in [-0.39, 0.29) is 10.6 Å². The van der Waals surface area contributed by atoms with E-state index in [1.807, 2.05) is 0 Å². The van der Waals surface area contributed by atoms with Crippen LogP contribution in [0.2, 0.25) is 0 Å². The number of alkyl halides is 4. The van der Waals surface area contributed by atoms with Gasteiger partial charge in [0, 0.05) is 17.7 Å². The van der Waals surface area contributed by atoms with Crippen LogP contribution in [0, 0.1) is 5.39 Å². The Labute approximate surface area is 106 Å². The van der Waals surface area contributed by atoms with E-state index in [9.17, 15) is 0 Å². The van der Waals surface area contributed by atoms with Gasteiger partial charge in [0.25, 0.3) is 0 Å². The van der Waals surface area contributed by atoms with Gasteiger partial charge in [-0.05, 0) is 6.42 Å². The molecule has 0 radical (unpaired) electrons. The first-order chi connectivity index (χ1) is 6.35. The smallest absolute Gasteiger partial charge is 0.387 e. The number of aliphatic hydroxyl groups is 1. The second-order valence-electron chi connectivity index (χ2n) is 2.69. The number of aliphatic hydroxyl groups excluding tert-OH is 1. The van der Waals surface area contributed by atoms with Crippen LogP contribution < -0.4 is 0 Å². The quantitative estimate of drug-likeness (QED) is 0.469. The lowest BCUT2D eigenvalue weighted by Gasteiger charge is -2.14. The minimum absolute atomic E-state index is 0.00996. The van der Waals surface area contributed by atoms with Gasteiger partial charge < -0.3 is 5.11 Å². The Morgan fingerprint density at radius 2 is 2.14 bits per heavy atom. The molecule has 0 aromatic carbocycles. The Morgan fingerprint density at radius 1 is 1.57 bits per heavy atom. The normalized spacial score (nSPS) is 14.9. The van der Waals surface area contributed by atoms with Gasteiger partial charge in [-0.1, -0.05) is 50.7 Å². The molecule has 1 N–H and O–H groups in total. The second-order valence-corrected chi connectivity index (χ2v) is 6.50. The Bertz CT molecular complexity index is 246. The van der Waals surface area contributed by atoms with Crippen LogP contribution in [-0.2, 0) is 0 Å². The molecule has 0 bridgehead atoms. The summed E-state index contributed by atoms with van der Waals surface area (Å²) in [5, 5.41) is 17.2. The number of nitrogens with zero attached hydrogens (tertiary/aromatic N) is 2. The van der Waals surface area contributed by atoms with E-state index >= 15 is 0 Å². The Balaban J connectivity index is 3.82. The van der Waals surface area contributed by atoms with Crippen molar-refractivity contribution >= 4 is 50.7 Å². The number of hydrogen-bond acceptors (Lipinski definition) is 2. The van der Waals surface area contributed by atoms with Gasteiger partial charge in [0.15, 0.2) is 14.5 Å². The van der Waals surface area contributed by atoms with Crippen LogP contribution in [0.5, 0.6) is 0 Å². The first-order valence-corrected chi connectivity index (χ1v) is 5.83. The zero-order chi connectivity index (χ0) is 11.2. The lowest BCUT2D eigenvalue weighted by molar-refractivity contribution is 0.382. The van der Waals surface area contributed by atoms with E-state index in [1.165, 1.54) is 0 Å². The summed E-state index contributed by atoms with van der Waals surface area (Å²) >= 11 is 20.0. The van der Waals surface area contributed by atoms with Crippen molar-refractivity contribution in [2.24, 2.45) is 0 Å².